The highest BCUT2D eigenvalue weighted by atomic mass is 32.2. The van der Waals surface area contributed by atoms with Crippen LogP contribution in [0.5, 0.6) is 0 Å². The highest BCUT2D eigenvalue weighted by Crippen LogP contribution is 2.50. The van der Waals surface area contributed by atoms with E-state index in [2.05, 4.69) is 22.2 Å². The maximum absolute atomic E-state index is 13.2. The number of ether oxygens (including phenoxy) is 1. The molecule has 35 heavy (non-hydrogen) atoms. The molecule has 0 saturated heterocycles. The number of hydrogen-bond acceptors (Lipinski definition) is 5. The van der Waals surface area contributed by atoms with Gasteiger partial charge in [-0.25, -0.2) is 13.2 Å². The SMILES string of the molecule is COC(=O)c1ccc([C@H]2Nc3ccc(S(=O)(=O)Nc4ccc(C)c(C)c4)cc3C3C=CCC32)cc1. The molecule has 3 atom stereocenters. The van der Waals surface area contributed by atoms with Gasteiger partial charge in [-0.1, -0.05) is 30.4 Å². The van der Waals surface area contributed by atoms with Crippen LogP contribution in [-0.4, -0.2) is 21.5 Å². The van der Waals surface area contributed by atoms with Crippen molar-refractivity contribution in [2.45, 2.75) is 37.1 Å². The van der Waals surface area contributed by atoms with E-state index >= 15 is 0 Å². The number of esters is 1. The Kier molecular flexibility index (Phi) is 5.89. The normalized spacial score (nSPS) is 20.5. The van der Waals surface area contributed by atoms with Crippen molar-refractivity contribution in [3.8, 4) is 0 Å². The Labute approximate surface area is 206 Å². The van der Waals surface area contributed by atoms with Crippen LogP contribution < -0.4 is 10.0 Å². The fraction of sp³-hybridized carbons (Fsp3) is 0.250. The van der Waals surface area contributed by atoms with Gasteiger partial charge in [0.15, 0.2) is 0 Å². The van der Waals surface area contributed by atoms with Gasteiger partial charge in [0.05, 0.1) is 23.6 Å². The Morgan fingerprint density at radius 1 is 1.00 bits per heavy atom. The molecule has 7 heteroatoms. The summed E-state index contributed by atoms with van der Waals surface area (Å²) < 4.78 is 33.9. The summed E-state index contributed by atoms with van der Waals surface area (Å²) in [6, 6.07) is 18.3. The summed E-state index contributed by atoms with van der Waals surface area (Å²) in [6.07, 6.45) is 5.22. The van der Waals surface area contributed by atoms with Crippen LogP contribution in [0.15, 0.2) is 77.7 Å². The average molecular weight is 489 g/mol. The highest BCUT2D eigenvalue weighted by molar-refractivity contribution is 7.92. The lowest BCUT2D eigenvalue weighted by Gasteiger charge is -2.37. The molecule has 3 aromatic rings. The van der Waals surface area contributed by atoms with Gasteiger partial charge in [-0.2, -0.15) is 0 Å². The minimum absolute atomic E-state index is 0.0466. The summed E-state index contributed by atoms with van der Waals surface area (Å²) in [6.45, 7) is 3.96. The number of aryl methyl sites for hydroxylation is 2. The van der Waals surface area contributed by atoms with Crippen molar-refractivity contribution < 1.29 is 17.9 Å². The van der Waals surface area contributed by atoms with Crippen LogP contribution in [0, 0.1) is 19.8 Å². The molecule has 0 amide bonds. The second-order valence-corrected chi connectivity index (χ2v) is 10.9. The number of methoxy groups -OCH3 is 1. The van der Waals surface area contributed by atoms with Crippen molar-refractivity contribution in [3.05, 3.63) is 101 Å². The Balaban J connectivity index is 1.44. The minimum atomic E-state index is -3.73. The van der Waals surface area contributed by atoms with E-state index in [9.17, 15) is 13.2 Å². The molecule has 3 aromatic carbocycles. The molecule has 2 N–H and O–H groups in total. The van der Waals surface area contributed by atoms with E-state index in [0.29, 0.717) is 11.3 Å². The number of rotatable bonds is 5. The molecule has 0 bridgehead atoms. The van der Waals surface area contributed by atoms with Gasteiger partial charge in [0.2, 0.25) is 0 Å². The van der Waals surface area contributed by atoms with Crippen LogP contribution >= 0.6 is 0 Å². The molecule has 2 aliphatic rings. The zero-order valence-corrected chi connectivity index (χ0v) is 20.7. The predicted octanol–water partition coefficient (Wildman–Crippen LogP) is 5.72. The number of benzene rings is 3. The molecule has 2 unspecified atom stereocenters. The first kappa shape index (κ1) is 23.2. The molecule has 1 heterocycles. The van der Waals surface area contributed by atoms with Gasteiger partial charge < -0.3 is 10.1 Å². The third-order valence-corrected chi connectivity index (χ3v) is 8.47. The average Bonchev–Trinajstić information content (AvgIpc) is 3.35. The zero-order valence-electron chi connectivity index (χ0n) is 19.9. The number of hydrogen-bond donors (Lipinski definition) is 2. The molecule has 6 nitrogen and oxygen atoms in total. The largest absolute Gasteiger partial charge is 0.465 e. The van der Waals surface area contributed by atoms with E-state index in [4.69, 9.17) is 4.74 Å². The van der Waals surface area contributed by atoms with Gasteiger partial charge in [-0.15, -0.1) is 0 Å². The van der Waals surface area contributed by atoms with E-state index in [-0.39, 0.29) is 28.7 Å². The van der Waals surface area contributed by atoms with Crippen LogP contribution in [0.2, 0.25) is 0 Å². The first-order valence-corrected chi connectivity index (χ1v) is 13.1. The molecular formula is C28H28N2O4S. The Morgan fingerprint density at radius 3 is 2.49 bits per heavy atom. The summed E-state index contributed by atoms with van der Waals surface area (Å²) in [7, 11) is -2.36. The van der Waals surface area contributed by atoms with Crippen molar-refractivity contribution >= 4 is 27.4 Å². The van der Waals surface area contributed by atoms with Gasteiger partial charge in [0, 0.05) is 17.3 Å². The van der Waals surface area contributed by atoms with Crippen LogP contribution in [0.25, 0.3) is 0 Å². The Morgan fingerprint density at radius 2 is 1.77 bits per heavy atom. The van der Waals surface area contributed by atoms with E-state index in [0.717, 1.165) is 34.4 Å². The lowest BCUT2D eigenvalue weighted by molar-refractivity contribution is 0.0600. The summed E-state index contributed by atoms with van der Waals surface area (Å²) in [5.74, 6) is -0.00695. The maximum atomic E-state index is 13.2. The summed E-state index contributed by atoms with van der Waals surface area (Å²) in [5.41, 5.74) is 6.19. The van der Waals surface area contributed by atoms with E-state index in [1.54, 1.807) is 30.3 Å². The zero-order chi connectivity index (χ0) is 24.7. The van der Waals surface area contributed by atoms with Crippen LogP contribution in [0.3, 0.4) is 0 Å². The molecule has 0 saturated carbocycles. The third kappa shape index (κ3) is 4.32. The van der Waals surface area contributed by atoms with Crippen molar-refractivity contribution in [2.75, 3.05) is 17.1 Å². The summed E-state index contributed by atoms with van der Waals surface area (Å²) >= 11 is 0. The number of sulfonamides is 1. The molecule has 1 aliphatic heterocycles. The van der Waals surface area contributed by atoms with Gasteiger partial charge >= 0.3 is 5.97 Å². The second-order valence-electron chi connectivity index (χ2n) is 9.24. The number of carbonyl (C=O) groups is 1. The van der Waals surface area contributed by atoms with Gasteiger partial charge in [-0.3, -0.25) is 4.72 Å². The molecular weight excluding hydrogens is 460 g/mol. The number of anilines is 2. The lowest BCUT2D eigenvalue weighted by atomic mass is 9.77. The standard InChI is InChI=1S/C28H28N2O4S/c1-17-7-12-21(15-18(17)2)30-35(32,33)22-13-14-26-25(16-22)23-5-4-6-24(23)27(29-26)19-8-10-20(11-9-19)28(31)34-3/h4-5,7-16,23-24,27,29-30H,6H2,1-3H3/t23?,24?,27-/m1/s1. The van der Waals surface area contributed by atoms with E-state index in [1.165, 1.54) is 7.11 Å². The van der Waals surface area contributed by atoms with Gasteiger partial charge in [0.25, 0.3) is 10.0 Å². The fourth-order valence-electron chi connectivity index (χ4n) is 5.03. The smallest absolute Gasteiger partial charge is 0.337 e. The van der Waals surface area contributed by atoms with Crippen LogP contribution in [-0.2, 0) is 14.8 Å². The number of nitrogens with one attached hydrogen (secondary N) is 2. The fourth-order valence-corrected chi connectivity index (χ4v) is 6.12. The van der Waals surface area contributed by atoms with Gasteiger partial charge in [-0.05, 0) is 90.9 Å². The van der Waals surface area contributed by atoms with E-state index in [1.807, 2.05) is 44.2 Å². The maximum Gasteiger partial charge on any atom is 0.337 e. The molecule has 5 rings (SSSR count). The first-order chi connectivity index (χ1) is 16.8. The Hall–Kier alpha value is -3.58. The van der Waals surface area contributed by atoms with Crippen LogP contribution in [0.1, 0.15) is 51.0 Å². The van der Waals surface area contributed by atoms with Crippen molar-refractivity contribution in [3.63, 3.8) is 0 Å². The number of carbonyl (C=O) groups excluding carboxylic acids is 1. The third-order valence-electron chi connectivity index (χ3n) is 7.09. The molecule has 1 aliphatic carbocycles. The van der Waals surface area contributed by atoms with Crippen molar-refractivity contribution in [1.29, 1.82) is 0 Å². The first-order valence-electron chi connectivity index (χ1n) is 11.6. The highest BCUT2D eigenvalue weighted by Gasteiger charge is 2.38. The minimum Gasteiger partial charge on any atom is -0.465 e. The van der Waals surface area contributed by atoms with E-state index < -0.39 is 10.0 Å². The topological polar surface area (TPSA) is 84.5 Å². The molecule has 0 spiro atoms. The number of allylic oxidation sites excluding steroid dienone is 2. The Bertz CT molecular complexity index is 1430. The molecule has 0 aromatic heterocycles. The molecule has 0 radical (unpaired) electrons. The lowest BCUT2D eigenvalue weighted by Crippen LogP contribution is -2.29. The van der Waals surface area contributed by atoms with Crippen LogP contribution in [0.4, 0.5) is 11.4 Å². The summed E-state index contributed by atoms with van der Waals surface area (Å²) in [5, 5.41) is 3.62. The second kappa shape index (κ2) is 8.89. The summed E-state index contributed by atoms with van der Waals surface area (Å²) in [4.78, 5) is 12.1. The van der Waals surface area contributed by atoms with Crippen molar-refractivity contribution in [2.24, 2.45) is 5.92 Å². The molecule has 180 valence electrons. The monoisotopic (exact) mass is 488 g/mol. The van der Waals surface area contributed by atoms with Crippen molar-refractivity contribution in [1.82, 2.24) is 0 Å². The quantitative estimate of drug-likeness (QED) is 0.355. The van der Waals surface area contributed by atoms with Gasteiger partial charge in [0.1, 0.15) is 0 Å². The molecule has 0 fully saturated rings. The predicted molar refractivity (Wildman–Crippen MR) is 137 cm³/mol. The number of fused-ring (bicyclic) bond motifs is 3.